The predicted octanol–water partition coefficient (Wildman–Crippen LogP) is 1.34. The summed E-state index contributed by atoms with van der Waals surface area (Å²) in [6.45, 7) is 3.56. The average molecular weight is 331 g/mol. The van der Waals surface area contributed by atoms with Crippen LogP contribution in [0, 0.1) is 10.1 Å². The molecule has 0 spiro atoms. The van der Waals surface area contributed by atoms with Gasteiger partial charge in [0.05, 0.1) is 4.92 Å². The van der Waals surface area contributed by atoms with Gasteiger partial charge in [-0.1, -0.05) is 6.58 Å². The van der Waals surface area contributed by atoms with Crippen LogP contribution in [0.3, 0.4) is 0 Å². The van der Waals surface area contributed by atoms with Gasteiger partial charge in [-0.05, 0) is 12.1 Å². The van der Waals surface area contributed by atoms with E-state index >= 15 is 0 Å². The topological polar surface area (TPSA) is 137 Å². The predicted molar refractivity (Wildman–Crippen MR) is 84.3 cm³/mol. The minimum atomic E-state index is -0.973. The summed E-state index contributed by atoms with van der Waals surface area (Å²) in [5.41, 5.74) is 4.38. The summed E-state index contributed by atoms with van der Waals surface area (Å²) in [6.07, 6.45) is -0.210. The van der Waals surface area contributed by atoms with Crippen molar-refractivity contribution in [2.45, 2.75) is 6.42 Å². The van der Waals surface area contributed by atoms with Gasteiger partial charge in [0.2, 0.25) is 0 Å². The molecule has 0 fully saturated rings. The first-order chi connectivity index (χ1) is 11.2. The molecule has 1 aromatic carbocycles. The van der Waals surface area contributed by atoms with Gasteiger partial charge in [-0.25, -0.2) is 9.59 Å². The van der Waals surface area contributed by atoms with Gasteiger partial charge in [0, 0.05) is 42.1 Å². The molecular formula is C15H13N3O6. The standard InChI is InChI=1S/C15H13N3O6/c1-8(14(20)17(2)15(16)21)7-10-9-3-6-13(19)24-12(9)5-4-11(10)18(22)23/h3-6H,1,7H2,2H3,(H2,16,21). The fourth-order valence-corrected chi connectivity index (χ4v) is 2.18. The van der Waals surface area contributed by atoms with Crippen LogP contribution in [0.25, 0.3) is 11.0 Å². The summed E-state index contributed by atoms with van der Waals surface area (Å²) >= 11 is 0. The number of amides is 3. The average Bonchev–Trinajstić information content (AvgIpc) is 2.52. The molecule has 0 aliphatic heterocycles. The van der Waals surface area contributed by atoms with Crippen molar-refractivity contribution in [3.63, 3.8) is 0 Å². The second-order valence-electron chi connectivity index (χ2n) is 4.97. The zero-order valence-electron chi connectivity index (χ0n) is 12.6. The normalized spacial score (nSPS) is 10.4. The molecule has 2 aromatic rings. The van der Waals surface area contributed by atoms with Crippen molar-refractivity contribution in [1.29, 1.82) is 0 Å². The van der Waals surface area contributed by atoms with Crippen molar-refractivity contribution in [2.75, 3.05) is 7.05 Å². The fourth-order valence-electron chi connectivity index (χ4n) is 2.18. The molecule has 1 heterocycles. The molecule has 24 heavy (non-hydrogen) atoms. The van der Waals surface area contributed by atoms with Crippen LogP contribution in [0.15, 0.2) is 45.6 Å². The molecule has 2 N–H and O–H groups in total. The number of nitrogens with zero attached hydrogens (tertiary/aromatic N) is 2. The Balaban J connectivity index is 2.53. The second kappa shape index (κ2) is 6.32. The highest BCUT2D eigenvalue weighted by Gasteiger charge is 2.23. The Morgan fingerprint density at radius 2 is 2.00 bits per heavy atom. The van der Waals surface area contributed by atoms with E-state index in [-0.39, 0.29) is 28.8 Å². The van der Waals surface area contributed by atoms with E-state index in [4.69, 9.17) is 10.2 Å². The highest BCUT2D eigenvalue weighted by Crippen LogP contribution is 2.29. The van der Waals surface area contributed by atoms with Crippen LogP contribution in [0.1, 0.15) is 5.56 Å². The van der Waals surface area contributed by atoms with Crippen LogP contribution in [-0.2, 0) is 11.2 Å². The Labute approximate surface area is 135 Å². The lowest BCUT2D eigenvalue weighted by molar-refractivity contribution is -0.385. The molecule has 0 saturated carbocycles. The molecule has 0 unspecified atom stereocenters. The third-order valence-corrected chi connectivity index (χ3v) is 3.41. The van der Waals surface area contributed by atoms with Gasteiger partial charge in [0.1, 0.15) is 5.58 Å². The maximum atomic E-state index is 12.0. The molecule has 0 radical (unpaired) electrons. The summed E-state index contributed by atoms with van der Waals surface area (Å²) in [5.74, 6) is -0.758. The number of nitro benzene ring substituents is 1. The minimum absolute atomic E-state index is 0.0712. The van der Waals surface area contributed by atoms with Gasteiger partial charge in [-0.15, -0.1) is 0 Å². The molecular weight excluding hydrogens is 318 g/mol. The van der Waals surface area contributed by atoms with Gasteiger partial charge in [0.15, 0.2) is 0 Å². The van der Waals surface area contributed by atoms with Crippen LogP contribution in [0.2, 0.25) is 0 Å². The number of imide groups is 1. The van der Waals surface area contributed by atoms with E-state index < -0.39 is 22.5 Å². The number of hydrogen-bond donors (Lipinski definition) is 1. The minimum Gasteiger partial charge on any atom is -0.423 e. The molecule has 0 saturated heterocycles. The van der Waals surface area contributed by atoms with Crippen molar-refractivity contribution >= 4 is 28.6 Å². The highest BCUT2D eigenvalue weighted by atomic mass is 16.6. The van der Waals surface area contributed by atoms with E-state index in [1.165, 1.54) is 25.2 Å². The maximum absolute atomic E-state index is 12.0. The molecule has 0 aliphatic rings. The Bertz CT molecular complexity index is 930. The highest BCUT2D eigenvalue weighted by molar-refractivity contribution is 6.03. The molecule has 124 valence electrons. The zero-order valence-corrected chi connectivity index (χ0v) is 12.6. The van der Waals surface area contributed by atoms with Gasteiger partial charge >= 0.3 is 11.7 Å². The van der Waals surface area contributed by atoms with E-state index in [0.717, 1.165) is 6.07 Å². The summed E-state index contributed by atoms with van der Waals surface area (Å²) < 4.78 is 4.99. The summed E-state index contributed by atoms with van der Waals surface area (Å²) in [6, 6.07) is 4.00. The second-order valence-corrected chi connectivity index (χ2v) is 4.97. The largest absolute Gasteiger partial charge is 0.423 e. The molecule has 0 bridgehead atoms. The Kier molecular flexibility index (Phi) is 4.45. The van der Waals surface area contributed by atoms with E-state index in [1.807, 2.05) is 0 Å². The summed E-state index contributed by atoms with van der Waals surface area (Å²) in [4.78, 5) is 45.6. The number of rotatable bonds is 4. The number of fused-ring (bicyclic) bond motifs is 1. The zero-order chi connectivity index (χ0) is 18.0. The number of carbonyl (C=O) groups is 2. The lowest BCUT2D eigenvalue weighted by Crippen LogP contribution is -2.38. The van der Waals surface area contributed by atoms with Crippen molar-refractivity contribution in [2.24, 2.45) is 5.73 Å². The number of primary amides is 1. The van der Waals surface area contributed by atoms with Crippen LogP contribution >= 0.6 is 0 Å². The molecule has 2 rings (SSSR count). The van der Waals surface area contributed by atoms with Crippen molar-refractivity contribution in [1.82, 2.24) is 4.90 Å². The van der Waals surface area contributed by atoms with Crippen LogP contribution in [-0.4, -0.2) is 28.8 Å². The summed E-state index contributed by atoms with van der Waals surface area (Å²) in [7, 11) is 1.17. The Morgan fingerprint density at radius 1 is 1.33 bits per heavy atom. The molecule has 1 aromatic heterocycles. The first-order valence-electron chi connectivity index (χ1n) is 6.67. The van der Waals surface area contributed by atoms with Gasteiger partial charge in [-0.3, -0.25) is 19.8 Å². The molecule has 0 atom stereocenters. The van der Waals surface area contributed by atoms with Crippen molar-refractivity contribution in [3.05, 3.63) is 62.5 Å². The number of benzene rings is 1. The third-order valence-electron chi connectivity index (χ3n) is 3.41. The van der Waals surface area contributed by atoms with Gasteiger partial charge in [0.25, 0.3) is 11.6 Å². The lowest BCUT2D eigenvalue weighted by atomic mass is 9.99. The first kappa shape index (κ1) is 16.9. The maximum Gasteiger partial charge on any atom is 0.336 e. The summed E-state index contributed by atoms with van der Waals surface area (Å²) in [5, 5.41) is 11.5. The van der Waals surface area contributed by atoms with Gasteiger partial charge in [-0.2, -0.15) is 0 Å². The van der Waals surface area contributed by atoms with Crippen LogP contribution in [0.4, 0.5) is 10.5 Å². The number of likely N-dealkylation sites (N-methyl/N-ethyl adjacent to an activating group) is 1. The van der Waals surface area contributed by atoms with Crippen molar-refractivity contribution in [3.8, 4) is 0 Å². The monoisotopic (exact) mass is 331 g/mol. The number of urea groups is 1. The number of nitrogens with two attached hydrogens (primary N) is 1. The fraction of sp³-hybridized carbons (Fsp3) is 0.133. The molecule has 9 heteroatoms. The SMILES string of the molecule is C=C(Cc1c([N+](=O)[O-])ccc2oc(=O)ccc12)C(=O)N(C)C(N)=O. The van der Waals surface area contributed by atoms with E-state index in [9.17, 15) is 24.5 Å². The smallest absolute Gasteiger partial charge is 0.336 e. The lowest BCUT2D eigenvalue weighted by Gasteiger charge is -2.14. The quantitative estimate of drug-likeness (QED) is 0.388. The molecule has 3 amide bonds. The van der Waals surface area contributed by atoms with Crippen molar-refractivity contribution < 1.29 is 18.9 Å². The van der Waals surface area contributed by atoms with Gasteiger partial charge < -0.3 is 10.2 Å². The molecule has 9 nitrogen and oxygen atoms in total. The Hall–Kier alpha value is -3.49. The molecule has 0 aliphatic carbocycles. The van der Waals surface area contributed by atoms with Crippen LogP contribution < -0.4 is 11.4 Å². The van der Waals surface area contributed by atoms with E-state index in [0.29, 0.717) is 10.3 Å². The van der Waals surface area contributed by atoms with E-state index in [2.05, 4.69) is 6.58 Å². The number of hydrogen-bond acceptors (Lipinski definition) is 6. The number of carbonyl (C=O) groups excluding carboxylic acids is 2. The first-order valence-corrected chi connectivity index (χ1v) is 6.67. The third kappa shape index (κ3) is 3.14. The Morgan fingerprint density at radius 3 is 2.58 bits per heavy atom. The number of nitro groups is 1. The van der Waals surface area contributed by atoms with E-state index in [1.54, 1.807) is 0 Å². The van der Waals surface area contributed by atoms with Crippen LogP contribution in [0.5, 0.6) is 0 Å².